The molecule has 1 heterocycles. The summed E-state index contributed by atoms with van der Waals surface area (Å²) in [5, 5.41) is 17.2. The Hall–Kier alpha value is -2.62. The number of benzene rings is 1. The van der Waals surface area contributed by atoms with E-state index in [2.05, 4.69) is 17.2 Å². The van der Waals surface area contributed by atoms with Crippen LogP contribution >= 0.6 is 11.6 Å². The highest BCUT2D eigenvalue weighted by molar-refractivity contribution is 6.30. The van der Waals surface area contributed by atoms with Crippen molar-refractivity contribution in [3.63, 3.8) is 0 Å². The van der Waals surface area contributed by atoms with E-state index in [0.29, 0.717) is 22.7 Å². The Morgan fingerprint density at radius 3 is 2.37 bits per heavy atom. The standard InChI is InChI=1S/C25H37ClN4O5/c1-15(2)20(29-23(33)28-14-24(5,6)35-22(32)17(4)27)21(31)30-12-11-25(34,16(3)13-30)18-7-9-19(26)10-8-18/h7-10,15,17,20,34H,3,11-14,27H2,1-2,4-6H3,(H2,28,29,33)/t17-,20?,25?/m0/s1. The lowest BCUT2D eigenvalue weighted by Crippen LogP contribution is -2.57. The first-order valence-corrected chi connectivity index (χ1v) is 12.0. The van der Waals surface area contributed by atoms with Crippen LogP contribution in [-0.2, 0) is 19.9 Å². The first kappa shape index (κ1) is 28.6. The Labute approximate surface area is 212 Å². The Bertz CT molecular complexity index is 948. The van der Waals surface area contributed by atoms with Gasteiger partial charge in [0.15, 0.2) is 0 Å². The monoisotopic (exact) mass is 508 g/mol. The number of carbonyl (C=O) groups is 3. The third-order valence-corrected chi connectivity index (χ3v) is 6.24. The van der Waals surface area contributed by atoms with E-state index in [1.165, 1.54) is 6.92 Å². The maximum absolute atomic E-state index is 13.3. The van der Waals surface area contributed by atoms with E-state index in [0.717, 1.165) is 0 Å². The van der Waals surface area contributed by atoms with Crippen LogP contribution in [0, 0.1) is 5.92 Å². The molecule has 0 saturated carbocycles. The third kappa shape index (κ3) is 7.43. The van der Waals surface area contributed by atoms with Crippen molar-refractivity contribution in [1.82, 2.24) is 15.5 Å². The third-order valence-electron chi connectivity index (χ3n) is 5.99. The first-order chi connectivity index (χ1) is 16.2. The lowest BCUT2D eigenvalue weighted by Gasteiger charge is -2.42. The summed E-state index contributed by atoms with van der Waals surface area (Å²) in [6.45, 7) is 13.0. The lowest BCUT2D eigenvalue weighted by molar-refractivity contribution is -0.157. The molecule has 1 fully saturated rings. The van der Waals surface area contributed by atoms with Crippen LogP contribution in [-0.4, -0.2) is 65.2 Å². The largest absolute Gasteiger partial charge is 0.457 e. The molecule has 2 rings (SSSR count). The Morgan fingerprint density at radius 2 is 1.86 bits per heavy atom. The molecule has 9 nitrogen and oxygen atoms in total. The van der Waals surface area contributed by atoms with Gasteiger partial charge < -0.3 is 31.1 Å². The van der Waals surface area contributed by atoms with E-state index in [9.17, 15) is 19.5 Å². The predicted molar refractivity (Wildman–Crippen MR) is 135 cm³/mol. The molecule has 3 atom stereocenters. The molecular formula is C25H37ClN4O5. The molecule has 1 saturated heterocycles. The zero-order chi connectivity index (χ0) is 26.6. The van der Waals surface area contributed by atoms with E-state index < -0.39 is 35.3 Å². The number of likely N-dealkylation sites (tertiary alicyclic amines) is 1. The highest BCUT2D eigenvalue weighted by Crippen LogP contribution is 2.36. The van der Waals surface area contributed by atoms with Gasteiger partial charge in [0.05, 0.1) is 6.54 Å². The molecule has 194 valence electrons. The van der Waals surface area contributed by atoms with E-state index in [-0.39, 0.29) is 31.3 Å². The van der Waals surface area contributed by atoms with Crippen molar-refractivity contribution in [2.24, 2.45) is 11.7 Å². The van der Waals surface area contributed by atoms with Crippen molar-refractivity contribution < 1.29 is 24.2 Å². The van der Waals surface area contributed by atoms with Crippen LogP contribution in [0.5, 0.6) is 0 Å². The molecular weight excluding hydrogens is 472 g/mol. The van der Waals surface area contributed by atoms with Gasteiger partial charge in [0.1, 0.15) is 23.3 Å². The minimum absolute atomic E-state index is 0.0327. The van der Waals surface area contributed by atoms with Crippen LogP contribution in [0.1, 0.15) is 46.6 Å². The van der Waals surface area contributed by atoms with Crippen LogP contribution in [0.2, 0.25) is 5.02 Å². The number of hydrogen-bond acceptors (Lipinski definition) is 6. The first-order valence-electron chi connectivity index (χ1n) is 11.6. The molecule has 35 heavy (non-hydrogen) atoms. The molecule has 0 radical (unpaired) electrons. The molecule has 1 aliphatic rings. The van der Waals surface area contributed by atoms with Gasteiger partial charge in [0.2, 0.25) is 5.91 Å². The van der Waals surface area contributed by atoms with Gasteiger partial charge in [0, 0.05) is 24.5 Å². The molecule has 10 heteroatoms. The van der Waals surface area contributed by atoms with E-state index >= 15 is 0 Å². The summed E-state index contributed by atoms with van der Waals surface area (Å²) >= 11 is 5.96. The molecule has 1 aromatic carbocycles. The maximum atomic E-state index is 13.3. The highest BCUT2D eigenvalue weighted by atomic mass is 35.5. The van der Waals surface area contributed by atoms with Gasteiger partial charge in [-0.05, 0) is 50.0 Å². The number of nitrogens with two attached hydrogens (primary N) is 1. The van der Waals surface area contributed by atoms with Gasteiger partial charge in [-0.1, -0.05) is 44.2 Å². The highest BCUT2D eigenvalue weighted by Gasteiger charge is 2.40. The minimum atomic E-state index is -1.26. The van der Waals surface area contributed by atoms with Crippen molar-refractivity contribution in [1.29, 1.82) is 0 Å². The molecule has 0 bridgehead atoms. The van der Waals surface area contributed by atoms with E-state index in [4.69, 9.17) is 22.1 Å². The van der Waals surface area contributed by atoms with Gasteiger partial charge in [-0.2, -0.15) is 0 Å². The van der Waals surface area contributed by atoms with Crippen molar-refractivity contribution in [3.8, 4) is 0 Å². The molecule has 0 aromatic heterocycles. The van der Waals surface area contributed by atoms with Crippen molar-refractivity contribution in [3.05, 3.63) is 47.0 Å². The second kappa shape index (κ2) is 11.4. The van der Waals surface area contributed by atoms with Crippen molar-refractivity contribution in [2.45, 2.75) is 64.3 Å². The average molecular weight is 509 g/mol. The number of halogens is 1. The molecule has 5 N–H and O–H groups in total. The van der Waals surface area contributed by atoms with Gasteiger partial charge in [-0.25, -0.2) is 4.79 Å². The van der Waals surface area contributed by atoms with Crippen LogP contribution in [0.15, 0.2) is 36.4 Å². The average Bonchev–Trinajstić information content (AvgIpc) is 2.77. The number of hydrogen-bond donors (Lipinski definition) is 4. The second-order valence-corrected chi connectivity index (χ2v) is 10.4. The number of aliphatic hydroxyl groups is 1. The smallest absolute Gasteiger partial charge is 0.323 e. The van der Waals surface area contributed by atoms with Crippen LogP contribution < -0.4 is 16.4 Å². The van der Waals surface area contributed by atoms with E-state index in [1.54, 1.807) is 43.0 Å². The van der Waals surface area contributed by atoms with Gasteiger partial charge in [0.25, 0.3) is 0 Å². The zero-order valence-electron chi connectivity index (χ0n) is 21.1. The van der Waals surface area contributed by atoms with Gasteiger partial charge in [-0.3, -0.25) is 9.59 Å². The fourth-order valence-corrected chi connectivity index (χ4v) is 3.90. The number of esters is 1. The number of nitrogens with one attached hydrogen (secondary N) is 2. The SMILES string of the molecule is C=C1CN(C(=O)C(NC(=O)NCC(C)(C)OC(=O)[C@H](C)N)C(C)C)CCC1(O)c1ccc(Cl)cc1. The summed E-state index contributed by atoms with van der Waals surface area (Å²) in [5.41, 5.74) is 4.45. The molecule has 3 amide bonds. The fourth-order valence-electron chi connectivity index (χ4n) is 3.77. The molecule has 0 aliphatic carbocycles. The number of carbonyl (C=O) groups excluding carboxylic acids is 3. The summed E-state index contributed by atoms with van der Waals surface area (Å²) in [6.07, 6.45) is 0.273. The number of ether oxygens (including phenoxy) is 1. The summed E-state index contributed by atoms with van der Waals surface area (Å²) in [7, 11) is 0. The van der Waals surface area contributed by atoms with Crippen molar-refractivity contribution >= 4 is 29.5 Å². The number of piperidine rings is 1. The number of rotatable bonds is 8. The Balaban J connectivity index is 2.00. The van der Waals surface area contributed by atoms with E-state index in [1.807, 2.05) is 13.8 Å². The van der Waals surface area contributed by atoms with Gasteiger partial charge >= 0.3 is 12.0 Å². The molecule has 2 unspecified atom stereocenters. The Morgan fingerprint density at radius 1 is 1.26 bits per heavy atom. The van der Waals surface area contributed by atoms with Gasteiger partial charge in [-0.15, -0.1) is 0 Å². The zero-order valence-corrected chi connectivity index (χ0v) is 21.8. The Kier molecular flexibility index (Phi) is 9.33. The number of amides is 3. The molecule has 1 aromatic rings. The normalized spacial score (nSPS) is 20.3. The summed E-state index contributed by atoms with van der Waals surface area (Å²) < 4.78 is 5.30. The predicted octanol–water partition coefficient (Wildman–Crippen LogP) is 2.31. The quantitative estimate of drug-likeness (QED) is 0.314. The lowest BCUT2D eigenvalue weighted by atomic mass is 9.81. The molecule has 0 spiro atoms. The second-order valence-electron chi connectivity index (χ2n) is 10.00. The van der Waals surface area contributed by atoms with Crippen LogP contribution in [0.25, 0.3) is 0 Å². The maximum Gasteiger partial charge on any atom is 0.323 e. The summed E-state index contributed by atoms with van der Waals surface area (Å²) in [6, 6.07) is 4.78. The minimum Gasteiger partial charge on any atom is -0.457 e. The van der Waals surface area contributed by atoms with Crippen molar-refractivity contribution in [2.75, 3.05) is 19.6 Å². The summed E-state index contributed by atoms with van der Waals surface area (Å²) in [5.74, 6) is -1.03. The van der Waals surface area contributed by atoms with Crippen LogP contribution in [0.4, 0.5) is 4.79 Å². The number of urea groups is 1. The summed E-state index contributed by atoms with van der Waals surface area (Å²) in [4.78, 5) is 39.2. The number of nitrogens with zero attached hydrogens (tertiary/aromatic N) is 1. The van der Waals surface area contributed by atoms with Crippen LogP contribution in [0.3, 0.4) is 0 Å². The fraction of sp³-hybridized carbons (Fsp3) is 0.560. The molecule has 1 aliphatic heterocycles. The topological polar surface area (TPSA) is 134 Å².